The van der Waals surface area contributed by atoms with Crippen molar-refractivity contribution in [1.82, 2.24) is 0 Å². The SMILES string of the molecule is Cc1cc(C(O)CC2CC2)c(C)cc1Cl. The average molecular weight is 225 g/mol. The van der Waals surface area contributed by atoms with Crippen LogP contribution < -0.4 is 0 Å². The number of hydrogen-bond acceptors (Lipinski definition) is 1. The molecule has 1 N–H and O–H groups in total. The Hall–Kier alpha value is -0.530. The highest BCUT2D eigenvalue weighted by molar-refractivity contribution is 6.31. The molecule has 1 nitrogen and oxygen atoms in total. The van der Waals surface area contributed by atoms with Crippen LogP contribution in [0.15, 0.2) is 12.1 Å². The first-order valence-electron chi connectivity index (χ1n) is 5.52. The summed E-state index contributed by atoms with van der Waals surface area (Å²) < 4.78 is 0. The fourth-order valence-corrected chi connectivity index (χ4v) is 2.18. The van der Waals surface area contributed by atoms with E-state index in [0.29, 0.717) is 0 Å². The molecule has 1 unspecified atom stereocenters. The molecule has 1 fully saturated rings. The van der Waals surface area contributed by atoms with E-state index in [9.17, 15) is 5.11 Å². The molecular formula is C13H17ClO. The second kappa shape index (κ2) is 4.15. The third-order valence-electron chi connectivity index (χ3n) is 3.16. The van der Waals surface area contributed by atoms with Gasteiger partial charge in [0.25, 0.3) is 0 Å². The molecule has 0 saturated heterocycles. The molecule has 0 aromatic heterocycles. The summed E-state index contributed by atoms with van der Waals surface area (Å²) in [6, 6.07) is 3.97. The van der Waals surface area contributed by atoms with Gasteiger partial charge in [0.2, 0.25) is 0 Å². The van der Waals surface area contributed by atoms with Gasteiger partial charge in [-0.15, -0.1) is 0 Å². The van der Waals surface area contributed by atoms with Crippen LogP contribution >= 0.6 is 11.6 Å². The van der Waals surface area contributed by atoms with Crippen molar-refractivity contribution in [3.63, 3.8) is 0 Å². The predicted octanol–water partition coefficient (Wildman–Crippen LogP) is 3.79. The first-order chi connectivity index (χ1) is 7.08. The number of hydrogen-bond donors (Lipinski definition) is 1. The van der Waals surface area contributed by atoms with E-state index in [1.807, 2.05) is 26.0 Å². The zero-order valence-electron chi connectivity index (χ0n) is 9.26. The van der Waals surface area contributed by atoms with Gasteiger partial charge in [0, 0.05) is 5.02 Å². The molecule has 0 radical (unpaired) electrons. The van der Waals surface area contributed by atoms with Gasteiger partial charge in [0.05, 0.1) is 6.10 Å². The summed E-state index contributed by atoms with van der Waals surface area (Å²) in [6.07, 6.45) is 3.15. The van der Waals surface area contributed by atoms with Crippen molar-refractivity contribution < 1.29 is 5.11 Å². The van der Waals surface area contributed by atoms with Gasteiger partial charge in [-0.05, 0) is 48.9 Å². The number of rotatable bonds is 3. The largest absolute Gasteiger partial charge is 0.388 e. The quantitative estimate of drug-likeness (QED) is 0.828. The zero-order chi connectivity index (χ0) is 11.0. The molecule has 1 aliphatic carbocycles. The minimum absolute atomic E-state index is 0.312. The minimum atomic E-state index is -0.312. The van der Waals surface area contributed by atoms with Gasteiger partial charge in [-0.1, -0.05) is 30.5 Å². The van der Waals surface area contributed by atoms with Crippen LogP contribution in [0.1, 0.15) is 42.1 Å². The van der Waals surface area contributed by atoms with Crippen molar-refractivity contribution in [2.45, 2.75) is 39.2 Å². The smallest absolute Gasteiger partial charge is 0.0795 e. The van der Waals surface area contributed by atoms with Crippen LogP contribution in [-0.4, -0.2) is 5.11 Å². The molecule has 1 atom stereocenters. The first kappa shape index (κ1) is 11.0. The number of aliphatic hydroxyl groups excluding tert-OH is 1. The van der Waals surface area contributed by atoms with Crippen LogP contribution in [-0.2, 0) is 0 Å². The van der Waals surface area contributed by atoms with E-state index in [1.54, 1.807) is 0 Å². The van der Waals surface area contributed by atoms with Crippen molar-refractivity contribution in [3.05, 3.63) is 33.8 Å². The minimum Gasteiger partial charge on any atom is -0.388 e. The summed E-state index contributed by atoms with van der Waals surface area (Å²) in [7, 11) is 0. The number of aryl methyl sites for hydroxylation is 2. The van der Waals surface area contributed by atoms with Crippen LogP contribution in [0.3, 0.4) is 0 Å². The molecule has 82 valence electrons. The van der Waals surface area contributed by atoms with E-state index < -0.39 is 0 Å². The van der Waals surface area contributed by atoms with Crippen LogP contribution in [0.2, 0.25) is 5.02 Å². The normalized spacial score (nSPS) is 17.9. The molecule has 1 aromatic rings. The lowest BCUT2D eigenvalue weighted by Crippen LogP contribution is -2.02. The third kappa shape index (κ3) is 2.53. The van der Waals surface area contributed by atoms with E-state index in [2.05, 4.69) is 0 Å². The van der Waals surface area contributed by atoms with E-state index in [1.165, 1.54) is 12.8 Å². The Morgan fingerprint density at radius 3 is 2.60 bits per heavy atom. The van der Waals surface area contributed by atoms with Crippen LogP contribution in [0.5, 0.6) is 0 Å². The second-order valence-corrected chi connectivity index (χ2v) is 5.06. The Kier molecular flexibility index (Phi) is 3.03. The summed E-state index contributed by atoms with van der Waals surface area (Å²) in [5.74, 6) is 0.746. The number of aliphatic hydroxyl groups is 1. The van der Waals surface area contributed by atoms with Crippen LogP contribution in [0, 0.1) is 19.8 Å². The topological polar surface area (TPSA) is 20.2 Å². The molecule has 1 saturated carbocycles. The predicted molar refractivity (Wildman–Crippen MR) is 63.2 cm³/mol. The van der Waals surface area contributed by atoms with Gasteiger partial charge in [0.1, 0.15) is 0 Å². The van der Waals surface area contributed by atoms with Gasteiger partial charge < -0.3 is 5.11 Å². The fourth-order valence-electron chi connectivity index (χ4n) is 1.96. The molecule has 2 heteroatoms. The Labute approximate surface area is 96.1 Å². The summed E-state index contributed by atoms with van der Waals surface area (Å²) in [6.45, 7) is 3.99. The molecule has 2 rings (SSSR count). The van der Waals surface area contributed by atoms with Gasteiger partial charge in [-0.25, -0.2) is 0 Å². The maximum atomic E-state index is 10.1. The van der Waals surface area contributed by atoms with E-state index in [4.69, 9.17) is 11.6 Å². The molecule has 0 spiro atoms. The van der Waals surface area contributed by atoms with Crippen LogP contribution in [0.25, 0.3) is 0 Å². The molecule has 0 amide bonds. The summed E-state index contributed by atoms with van der Waals surface area (Å²) in [5.41, 5.74) is 3.19. The van der Waals surface area contributed by atoms with Crippen LogP contribution in [0.4, 0.5) is 0 Å². The lowest BCUT2D eigenvalue weighted by molar-refractivity contribution is 0.159. The Balaban J connectivity index is 2.21. The summed E-state index contributed by atoms with van der Waals surface area (Å²) in [4.78, 5) is 0. The van der Waals surface area contributed by atoms with E-state index in [0.717, 1.165) is 34.1 Å². The maximum absolute atomic E-state index is 10.1. The second-order valence-electron chi connectivity index (χ2n) is 4.65. The summed E-state index contributed by atoms with van der Waals surface area (Å²) in [5, 5.41) is 10.9. The molecule has 1 aromatic carbocycles. The van der Waals surface area contributed by atoms with E-state index >= 15 is 0 Å². The van der Waals surface area contributed by atoms with Crippen molar-refractivity contribution in [3.8, 4) is 0 Å². The third-order valence-corrected chi connectivity index (χ3v) is 3.57. The molecule has 15 heavy (non-hydrogen) atoms. The van der Waals surface area contributed by atoms with Gasteiger partial charge in [-0.2, -0.15) is 0 Å². The van der Waals surface area contributed by atoms with Crippen molar-refractivity contribution in [2.24, 2.45) is 5.92 Å². The summed E-state index contributed by atoms with van der Waals surface area (Å²) >= 11 is 6.03. The average Bonchev–Trinajstić information content (AvgIpc) is 2.95. The highest BCUT2D eigenvalue weighted by Gasteiger charge is 2.25. The molecule has 1 aliphatic rings. The highest BCUT2D eigenvalue weighted by Crippen LogP contribution is 2.38. The van der Waals surface area contributed by atoms with Crippen molar-refractivity contribution >= 4 is 11.6 Å². The van der Waals surface area contributed by atoms with Crippen molar-refractivity contribution in [1.29, 1.82) is 0 Å². The lowest BCUT2D eigenvalue weighted by atomic mass is 9.97. The standard InChI is InChI=1S/C13H17ClO/c1-8-6-12(14)9(2)5-11(8)13(15)7-10-3-4-10/h5-6,10,13,15H,3-4,7H2,1-2H3. The Bertz CT molecular complexity index is 369. The van der Waals surface area contributed by atoms with Gasteiger partial charge in [0.15, 0.2) is 0 Å². The molecular weight excluding hydrogens is 208 g/mol. The fraction of sp³-hybridized carbons (Fsp3) is 0.538. The lowest BCUT2D eigenvalue weighted by Gasteiger charge is -2.15. The zero-order valence-corrected chi connectivity index (χ0v) is 10.0. The number of halogens is 1. The highest BCUT2D eigenvalue weighted by atomic mass is 35.5. The Morgan fingerprint density at radius 1 is 1.33 bits per heavy atom. The molecule has 0 aliphatic heterocycles. The van der Waals surface area contributed by atoms with E-state index in [-0.39, 0.29) is 6.10 Å². The van der Waals surface area contributed by atoms with Gasteiger partial charge >= 0.3 is 0 Å². The van der Waals surface area contributed by atoms with Crippen molar-refractivity contribution in [2.75, 3.05) is 0 Å². The monoisotopic (exact) mass is 224 g/mol. The first-order valence-corrected chi connectivity index (χ1v) is 5.90. The maximum Gasteiger partial charge on any atom is 0.0795 e. The number of benzene rings is 1. The Morgan fingerprint density at radius 2 is 2.00 bits per heavy atom. The molecule has 0 heterocycles. The van der Waals surface area contributed by atoms with Gasteiger partial charge in [-0.3, -0.25) is 0 Å². The molecule has 0 bridgehead atoms.